The van der Waals surface area contributed by atoms with Gasteiger partial charge in [-0.25, -0.2) is 0 Å². The van der Waals surface area contributed by atoms with Gasteiger partial charge in [-0.15, -0.1) is 0 Å². The summed E-state index contributed by atoms with van der Waals surface area (Å²) >= 11 is 0. The zero-order chi connectivity index (χ0) is 17.7. The molecule has 1 fully saturated rings. The van der Waals surface area contributed by atoms with Gasteiger partial charge in [0.05, 0.1) is 12.0 Å². The van der Waals surface area contributed by atoms with Gasteiger partial charge in [0, 0.05) is 19.8 Å². The van der Waals surface area contributed by atoms with Crippen LogP contribution in [0.15, 0.2) is 24.3 Å². The molecule has 1 aromatic rings. The molecule has 1 unspecified atom stereocenters. The third-order valence-corrected chi connectivity index (χ3v) is 6.09. The van der Waals surface area contributed by atoms with E-state index in [4.69, 9.17) is 9.47 Å². The largest absolute Gasteiger partial charge is 0.466 e. The van der Waals surface area contributed by atoms with Crippen molar-refractivity contribution in [1.29, 1.82) is 0 Å². The van der Waals surface area contributed by atoms with Gasteiger partial charge in [0.15, 0.2) is 0 Å². The monoisotopic (exact) mass is 345 g/mol. The molecule has 1 aliphatic carbocycles. The molecule has 2 aliphatic rings. The molecule has 4 heteroatoms. The molecule has 1 aliphatic heterocycles. The Balaban J connectivity index is 1.62. The van der Waals surface area contributed by atoms with Crippen molar-refractivity contribution in [3.05, 3.63) is 35.4 Å². The highest BCUT2D eigenvalue weighted by atomic mass is 16.5. The van der Waals surface area contributed by atoms with Gasteiger partial charge in [0.1, 0.15) is 0 Å². The molecule has 0 bridgehead atoms. The van der Waals surface area contributed by atoms with Crippen LogP contribution in [0, 0.1) is 5.41 Å². The van der Waals surface area contributed by atoms with Crippen molar-refractivity contribution in [2.24, 2.45) is 5.41 Å². The number of fused-ring (bicyclic) bond motifs is 1. The van der Waals surface area contributed by atoms with Crippen LogP contribution in [0.2, 0.25) is 0 Å². The van der Waals surface area contributed by atoms with Gasteiger partial charge in [-0.1, -0.05) is 24.3 Å². The molecule has 4 nitrogen and oxygen atoms in total. The van der Waals surface area contributed by atoms with Crippen molar-refractivity contribution >= 4 is 5.97 Å². The summed E-state index contributed by atoms with van der Waals surface area (Å²) in [6.07, 6.45) is 6.07. The van der Waals surface area contributed by atoms with Crippen LogP contribution in [0.25, 0.3) is 0 Å². The Hall–Kier alpha value is -1.39. The number of benzene rings is 1. The predicted molar refractivity (Wildman–Crippen MR) is 98.6 cm³/mol. The minimum atomic E-state index is -0.352. The summed E-state index contributed by atoms with van der Waals surface area (Å²) in [5, 5.41) is 0. The lowest BCUT2D eigenvalue weighted by atomic mass is 9.75. The van der Waals surface area contributed by atoms with Crippen molar-refractivity contribution in [2.75, 3.05) is 33.4 Å². The van der Waals surface area contributed by atoms with Crippen LogP contribution in [-0.2, 0) is 27.1 Å². The standard InChI is InChI=1S/C21H31NO3/c1-3-25-20(23)21(12-15-24-2)10-13-22(14-11-21)19-9-8-17-6-4-5-7-18(17)16-19/h4-7,19H,3,8-16H2,1-2H3. The molecule has 0 saturated carbocycles. The lowest BCUT2D eigenvalue weighted by Gasteiger charge is -2.44. The van der Waals surface area contributed by atoms with E-state index < -0.39 is 0 Å². The van der Waals surface area contributed by atoms with Crippen LogP contribution in [0.5, 0.6) is 0 Å². The van der Waals surface area contributed by atoms with Gasteiger partial charge in [-0.2, -0.15) is 0 Å². The molecule has 25 heavy (non-hydrogen) atoms. The molecule has 1 aromatic carbocycles. The number of aryl methyl sites for hydroxylation is 1. The maximum Gasteiger partial charge on any atom is 0.312 e. The summed E-state index contributed by atoms with van der Waals surface area (Å²) in [6, 6.07) is 9.43. The topological polar surface area (TPSA) is 38.8 Å². The van der Waals surface area contributed by atoms with Gasteiger partial charge >= 0.3 is 5.97 Å². The molecule has 0 radical (unpaired) electrons. The van der Waals surface area contributed by atoms with Crippen LogP contribution in [0.3, 0.4) is 0 Å². The molecule has 0 amide bonds. The molecule has 138 valence electrons. The maximum absolute atomic E-state index is 12.6. The van der Waals surface area contributed by atoms with E-state index in [1.807, 2.05) is 6.92 Å². The molecule has 1 saturated heterocycles. The summed E-state index contributed by atoms with van der Waals surface area (Å²) in [4.78, 5) is 15.2. The zero-order valence-corrected chi connectivity index (χ0v) is 15.6. The second kappa shape index (κ2) is 8.33. The average Bonchev–Trinajstić information content (AvgIpc) is 2.66. The van der Waals surface area contributed by atoms with E-state index in [0.717, 1.165) is 38.8 Å². The van der Waals surface area contributed by atoms with Crippen LogP contribution < -0.4 is 0 Å². The van der Waals surface area contributed by atoms with Crippen molar-refractivity contribution in [2.45, 2.75) is 51.5 Å². The molecular formula is C21H31NO3. The Morgan fingerprint density at radius 3 is 2.64 bits per heavy atom. The summed E-state index contributed by atoms with van der Waals surface area (Å²) in [7, 11) is 1.70. The first-order chi connectivity index (χ1) is 12.2. The number of hydrogen-bond acceptors (Lipinski definition) is 4. The van der Waals surface area contributed by atoms with Crippen molar-refractivity contribution in [1.82, 2.24) is 4.90 Å². The van der Waals surface area contributed by atoms with Crippen LogP contribution in [0.4, 0.5) is 0 Å². The van der Waals surface area contributed by atoms with E-state index in [1.165, 1.54) is 24.0 Å². The van der Waals surface area contributed by atoms with Gasteiger partial charge in [0.2, 0.25) is 0 Å². The van der Waals surface area contributed by atoms with E-state index in [9.17, 15) is 4.79 Å². The van der Waals surface area contributed by atoms with E-state index in [-0.39, 0.29) is 11.4 Å². The molecule has 3 rings (SSSR count). The molecule has 0 aromatic heterocycles. The summed E-state index contributed by atoms with van der Waals surface area (Å²) in [6.45, 7) is 4.92. The van der Waals surface area contributed by atoms with E-state index >= 15 is 0 Å². The number of rotatable bonds is 6. The first kappa shape index (κ1) is 18.4. The molecule has 1 atom stereocenters. The smallest absolute Gasteiger partial charge is 0.312 e. The Labute approximate surface area is 151 Å². The third-order valence-electron chi connectivity index (χ3n) is 6.09. The highest BCUT2D eigenvalue weighted by Crippen LogP contribution is 2.38. The number of carbonyl (C=O) groups is 1. The number of ether oxygens (including phenoxy) is 2. The fourth-order valence-corrected chi connectivity index (χ4v) is 4.45. The number of methoxy groups -OCH3 is 1. The SMILES string of the molecule is CCOC(=O)C1(CCOC)CCN(C2CCc3ccccc3C2)CC1. The first-order valence-corrected chi connectivity index (χ1v) is 9.65. The van der Waals surface area contributed by atoms with Crippen LogP contribution >= 0.6 is 0 Å². The van der Waals surface area contributed by atoms with Crippen LogP contribution in [-0.4, -0.2) is 50.3 Å². The Bertz CT molecular complexity index is 578. The highest BCUT2D eigenvalue weighted by Gasteiger charge is 2.43. The fraction of sp³-hybridized carbons (Fsp3) is 0.667. The number of hydrogen-bond donors (Lipinski definition) is 0. The van der Waals surface area contributed by atoms with Crippen LogP contribution in [0.1, 0.15) is 43.7 Å². The normalized spacial score (nSPS) is 23.0. The van der Waals surface area contributed by atoms with E-state index in [2.05, 4.69) is 29.2 Å². The minimum absolute atomic E-state index is 0.0271. The summed E-state index contributed by atoms with van der Waals surface area (Å²) < 4.78 is 10.7. The van der Waals surface area contributed by atoms with Gasteiger partial charge < -0.3 is 9.47 Å². The number of esters is 1. The number of nitrogens with zero attached hydrogens (tertiary/aromatic N) is 1. The van der Waals surface area contributed by atoms with E-state index in [1.54, 1.807) is 7.11 Å². The fourth-order valence-electron chi connectivity index (χ4n) is 4.45. The summed E-state index contributed by atoms with van der Waals surface area (Å²) in [5.74, 6) is -0.0271. The lowest BCUT2D eigenvalue weighted by Crippen LogP contribution is -2.50. The quantitative estimate of drug-likeness (QED) is 0.742. The second-order valence-electron chi connectivity index (χ2n) is 7.44. The lowest BCUT2D eigenvalue weighted by molar-refractivity contribution is -0.160. The van der Waals surface area contributed by atoms with Crippen molar-refractivity contribution < 1.29 is 14.3 Å². The summed E-state index contributed by atoms with van der Waals surface area (Å²) in [5.41, 5.74) is 2.66. The maximum atomic E-state index is 12.6. The Morgan fingerprint density at radius 2 is 1.96 bits per heavy atom. The zero-order valence-electron chi connectivity index (χ0n) is 15.6. The third kappa shape index (κ3) is 4.06. The Morgan fingerprint density at radius 1 is 1.24 bits per heavy atom. The van der Waals surface area contributed by atoms with E-state index in [0.29, 0.717) is 19.3 Å². The number of likely N-dealkylation sites (tertiary alicyclic amines) is 1. The van der Waals surface area contributed by atoms with Crippen molar-refractivity contribution in [3.63, 3.8) is 0 Å². The van der Waals surface area contributed by atoms with Gasteiger partial charge in [0.25, 0.3) is 0 Å². The average molecular weight is 345 g/mol. The van der Waals surface area contributed by atoms with Gasteiger partial charge in [-0.3, -0.25) is 9.69 Å². The minimum Gasteiger partial charge on any atom is -0.466 e. The Kier molecular flexibility index (Phi) is 6.13. The predicted octanol–water partition coefficient (Wildman–Crippen LogP) is 3.23. The highest BCUT2D eigenvalue weighted by molar-refractivity contribution is 5.77. The van der Waals surface area contributed by atoms with Crippen molar-refractivity contribution in [3.8, 4) is 0 Å². The molecule has 1 heterocycles. The number of carbonyl (C=O) groups excluding carboxylic acids is 1. The molecule has 0 N–H and O–H groups in total. The number of piperidine rings is 1. The second-order valence-corrected chi connectivity index (χ2v) is 7.44. The molecular weight excluding hydrogens is 314 g/mol. The first-order valence-electron chi connectivity index (χ1n) is 9.65. The molecule has 0 spiro atoms. The van der Waals surface area contributed by atoms with Gasteiger partial charge in [-0.05, 0) is 69.7 Å².